The van der Waals surface area contributed by atoms with Crippen LogP contribution in [0.5, 0.6) is 0 Å². The van der Waals surface area contributed by atoms with Crippen LogP contribution in [0, 0.1) is 6.92 Å². The molecule has 0 spiro atoms. The summed E-state index contributed by atoms with van der Waals surface area (Å²) in [4.78, 5) is 16.9. The predicted molar refractivity (Wildman–Crippen MR) is 123 cm³/mol. The van der Waals surface area contributed by atoms with Crippen LogP contribution in [0.25, 0.3) is 10.9 Å². The number of carbonyl (C=O) groups is 1. The predicted octanol–water partition coefficient (Wildman–Crippen LogP) is 5.47. The highest BCUT2D eigenvalue weighted by atomic mass is 16.3. The minimum Gasteiger partial charge on any atom is -0.509 e. The minimum absolute atomic E-state index is 0.0654. The number of aryl methyl sites for hydroxylation is 1. The third-order valence-electron chi connectivity index (χ3n) is 6.40. The molecule has 4 nitrogen and oxygen atoms in total. The van der Waals surface area contributed by atoms with Gasteiger partial charge in [0.15, 0.2) is 0 Å². The van der Waals surface area contributed by atoms with Crippen molar-refractivity contribution < 1.29 is 9.90 Å². The third kappa shape index (κ3) is 2.95. The molecule has 1 aromatic heterocycles. The molecule has 154 valence electrons. The van der Waals surface area contributed by atoms with E-state index in [1.54, 1.807) is 0 Å². The highest BCUT2D eigenvalue weighted by molar-refractivity contribution is 6.01. The van der Waals surface area contributed by atoms with Crippen molar-refractivity contribution in [2.24, 2.45) is 0 Å². The van der Waals surface area contributed by atoms with Gasteiger partial charge in [0.2, 0.25) is 0 Å². The molecule has 0 radical (unpaired) electrons. The topological polar surface area (TPSA) is 65.1 Å². The number of fused-ring (bicyclic) bond motifs is 1. The van der Waals surface area contributed by atoms with Crippen LogP contribution in [-0.2, 0) is 10.3 Å². The molecular weight excluding hydrogens is 384 g/mol. The molecule has 0 aliphatic carbocycles. The molecule has 5 rings (SSSR count). The average Bonchev–Trinajstić information content (AvgIpc) is 3.25. The Balaban J connectivity index is 1.76. The molecule has 2 unspecified atom stereocenters. The molecule has 3 aromatic carbocycles. The molecule has 0 saturated carbocycles. The highest BCUT2D eigenvalue weighted by Crippen LogP contribution is 2.44. The average molecular weight is 409 g/mol. The zero-order chi connectivity index (χ0) is 21.6. The molecule has 2 atom stereocenters. The van der Waals surface area contributed by atoms with Crippen LogP contribution in [0.2, 0.25) is 0 Å². The standard InChI is InChI=1S/C27H24N2O2/c1-17-20-15-9-10-16-21(20)28-24(17)22(18-11-5-3-6-12-18)23-25(30)27(2,29-26(23)31)19-13-7-4-8-14-19/h3-16,22,28,30H,1-2H3,(H,29,31). The van der Waals surface area contributed by atoms with Gasteiger partial charge in [0.05, 0.1) is 11.5 Å². The van der Waals surface area contributed by atoms with Crippen molar-refractivity contribution in [1.82, 2.24) is 10.3 Å². The van der Waals surface area contributed by atoms with Crippen LogP contribution in [0.15, 0.2) is 96.3 Å². The summed E-state index contributed by atoms with van der Waals surface area (Å²) >= 11 is 0. The number of para-hydroxylation sites is 1. The van der Waals surface area contributed by atoms with E-state index in [1.165, 1.54) is 0 Å². The van der Waals surface area contributed by atoms with Gasteiger partial charge in [0.25, 0.3) is 5.91 Å². The number of aliphatic hydroxyl groups is 1. The molecule has 2 heterocycles. The maximum absolute atomic E-state index is 13.3. The van der Waals surface area contributed by atoms with Gasteiger partial charge in [0.1, 0.15) is 11.3 Å². The van der Waals surface area contributed by atoms with E-state index in [2.05, 4.69) is 23.3 Å². The summed E-state index contributed by atoms with van der Waals surface area (Å²) in [6.45, 7) is 3.91. The summed E-state index contributed by atoms with van der Waals surface area (Å²) in [5.74, 6) is -0.606. The Labute approximate surface area is 181 Å². The van der Waals surface area contributed by atoms with Crippen molar-refractivity contribution in [1.29, 1.82) is 0 Å². The number of nitrogens with one attached hydrogen (secondary N) is 2. The lowest BCUT2D eigenvalue weighted by atomic mass is 9.83. The number of benzene rings is 3. The molecule has 1 aliphatic heterocycles. The lowest BCUT2D eigenvalue weighted by Crippen LogP contribution is -2.39. The fourth-order valence-corrected chi connectivity index (χ4v) is 4.69. The van der Waals surface area contributed by atoms with Gasteiger partial charge < -0.3 is 15.4 Å². The SMILES string of the molecule is Cc1c(C(C2=C(O)C(C)(c3ccccc3)NC2=O)c2ccccc2)[nH]c2ccccc12. The summed E-state index contributed by atoms with van der Waals surface area (Å²) in [6.07, 6.45) is 0. The van der Waals surface area contributed by atoms with Gasteiger partial charge in [-0.2, -0.15) is 0 Å². The van der Waals surface area contributed by atoms with Crippen LogP contribution in [0.1, 0.15) is 35.2 Å². The van der Waals surface area contributed by atoms with Crippen molar-refractivity contribution in [3.8, 4) is 0 Å². The Hall–Kier alpha value is -3.79. The van der Waals surface area contributed by atoms with Crippen molar-refractivity contribution in [3.63, 3.8) is 0 Å². The first kappa shape index (κ1) is 19.2. The monoisotopic (exact) mass is 408 g/mol. The molecule has 1 aliphatic rings. The molecule has 31 heavy (non-hydrogen) atoms. The van der Waals surface area contributed by atoms with Crippen LogP contribution >= 0.6 is 0 Å². The molecule has 4 aromatic rings. The number of H-pyrrole nitrogens is 1. The number of carbonyl (C=O) groups excluding carboxylic acids is 1. The van der Waals surface area contributed by atoms with Crippen molar-refractivity contribution in [2.45, 2.75) is 25.3 Å². The molecule has 0 saturated heterocycles. The number of aromatic nitrogens is 1. The second-order valence-corrected chi connectivity index (χ2v) is 8.26. The highest BCUT2D eigenvalue weighted by Gasteiger charge is 2.46. The lowest BCUT2D eigenvalue weighted by molar-refractivity contribution is -0.118. The minimum atomic E-state index is -0.972. The van der Waals surface area contributed by atoms with Crippen LogP contribution in [-0.4, -0.2) is 16.0 Å². The smallest absolute Gasteiger partial charge is 0.252 e. The number of hydrogen-bond donors (Lipinski definition) is 3. The Morgan fingerprint density at radius 2 is 1.48 bits per heavy atom. The van der Waals surface area contributed by atoms with Gasteiger partial charge >= 0.3 is 0 Å². The molecule has 0 fully saturated rings. The van der Waals surface area contributed by atoms with Gasteiger partial charge in [-0.25, -0.2) is 0 Å². The summed E-state index contributed by atoms with van der Waals surface area (Å²) in [6, 6.07) is 27.6. The van der Waals surface area contributed by atoms with Crippen LogP contribution < -0.4 is 5.32 Å². The molecular formula is C27H24N2O2. The fraction of sp³-hybridized carbons (Fsp3) is 0.148. The lowest BCUT2D eigenvalue weighted by Gasteiger charge is -2.25. The van der Waals surface area contributed by atoms with E-state index in [1.807, 2.05) is 85.8 Å². The zero-order valence-corrected chi connectivity index (χ0v) is 17.5. The fourth-order valence-electron chi connectivity index (χ4n) is 4.69. The van der Waals surface area contributed by atoms with Gasteiger partial charge in [-0.15, -0.1) is 0 Å². The summed E-state index contributed by atoms with van der Waals surface area (Å²) in [5.41, 5.74) is 4.21. The number of hydrogen-bond acceptors (Lipinski definition) is 2. The van der Waals surface area contributed by atoms with Gasteiger partial charge in [0, 0.05) is 16.6 Å². The van der Waals surface area contributed by atoms with E-state index in [0.717, 1.165) is 33.3 Å². The number of aliphatic hydroxyl groups excluding tert-OH is 1. The Morgan fingerprint density at radius 3 is 2.16 bits per heavy atom. The summed E-state index contributed by atoms with van der Waals surface area (Å²) in [7, 11) is 0. The molecule has 0 bridgehead atoms. The second kappa shape index (κ2) is 7.17. The first-order chi connectivity index (χ1) is 15.0. The zero-order valence-electron chi connectivity index (χ0n) is 17.5. The number of amides is 1. The maximum Gasteiger partial charge on any atom is 0.252 e. The Bertz CT molecular complexity index is 1310. The van der Waals surface area contributed by atoms with Crippen molar-refractivity contribution in [2.75, 3.05) is 0 Å². The van der Waals surface area contributed by atoms with Crippen molar-refractivity contribution >= 4 is 16.8 Å². The first-order valence-corrected chi connectivity index (χ1v) is 10.4. The van der Waals surface area contributed by atoms with Gasteiger partial charge in [-0.05, 0) is 36.6 Å². The van der Waals surface area contributed by atoms with E-state index in [9.17, 15) is 9.90 Å². The maximum atomic E-state index is 13.3. The van der Waals surface area contributed by atoms with Gasteiger partial charge in [-0.3, -0.25) is 4.79 Å². The van der Waals surface area contributed by atoms with E-state index >= 15 is 0 Å². The molecule has 4 heteroatoms. The number of rotatable bonds is 4. The van der Waals surface area contributed by atoms with E-state index < -0.39 is 11.5 Å². The Kier molecular flexibility index (Phi) is 4.44. The van der Waals surface area contributed by atoms with Gasteiger partial charge in [-0.1, -0.05) is 78.9 Å². The normalized spacial score (nSPS) is 19.6. The van der Waals surface area contributed by atoms with E-state index in [4.69, 9.17) is 0 Å². The molecule has 3 N–H and O–H groups in total. The van der Waals surface area contributed by atoms with Crippen LogP contribution in [0.4, 0.5) is 0 Å². The first-order valence-electron chi connectivity index (χ1n) is 10.4. The van der Waals surface area contributed by atoms with E-state index in [-0.39, 0.29) is 11.7 Å². The van der Waals surface area contributed by atoms with E-state index in [0.29, 0.717) is 5.57 Å². The Morgan fingerprint density at radius 1 is 0.871 bits per heavy atom. The largest absolute Gasteiger partial charge is 0.509 e. The van der Waals surface area contributed by atoms with Crippen LogP contribution in [0.3, 0.4) is 0 Å². The summed E-state index contributed by atoms with van der Waals surface area (Å²) < 4.78 is 0. The third-order valence-corrected chi connectivity index (χ3v) is 6.40. The summed E-state index contributed by atoms with van der Waals surface area (Å²) in [5, 5.41) is 15.6. The van der Waals surface area contributed by atoms with Crippen molar-refractivity contribution in [3.05, 3.63) is 119 Å². The molecule has 1 amide bonds. The second-order valence-electron chi connectivity index (χ2n) is 8.26. The number of aromatic amines is 1. The quantitative estimate of drug-likeness (QED) is 0.419.